The molecule has 5 nitrogen and oxygen atoms in total. The van der Waals surface area contributed by atoms with Crippen molar-refractivity contribution in [1.82, 2.24) is 9.88 Å². The molecule has 1 saturated heterocycles. The molecule has 1 fully saturated rings. The largest absolute Gasteiger partial charge is 0.444 e. The summed E-state index contributed by atoms with van der Waals surface area (Å²) in [4.78, 5) is 17.6. The number of piperidine rings is 1. The van der Waals surface area contributed by atoms with Crippen molar-refractivity contribution in [2.24, 2.45) is 5.92 Å². The summed E-state index contributed by atoms with van der Waals surface area (Å²) in [5.74, 6) is -0.168. The lowest BCUT2D eigenvalue weighted by atomic mass is 9.91. The lowest BCUT2D eigenvalue weighted by molar-refractivity contribution is 0.0159. The van der Waals surface area contributed by atoms with E-state index >= 15 is 0 Å². The van der Waals surface area contributed by atoms with Crippen LogP contribution in [-0.4, -0.2) is 40.7 Å². The third kappa shape index (κ3) is 5.37. The Hall–Kier alpha value is -1.85. The molecule has 1 aliphatic heterocycles. The topological polar surface area (TPSA) is 54.5 Å². The van der Waals surface area contributed by atoms with Crippen LogP contribution in [0.15, 0.2) is 18.3 Å². The fraction of sp³-hybridized carbons (Fsp3) is 0.647. The molecule has 1 aromatic rings. The maximum Gasteiger partial charge on any atom is 0.410 e. The molecule has 2 heterocycles. The predicted molar refractivity (Wildman–Crippen MR) is 87.8 cm³/mol. The molecule has 0 spiro atoms. The average Bonchev–Trinajstić information content (AvgIpc) is 2.48. The van der Waals surface area contributed by atoms with E-state index in [4.69, 9.17) is 4.74 Å². The number of aromatic nitrogens is 1. The van der Waals surface area contributed by atoms with Crippen LogP contribution in [0.25, 0.3) is 0 Å². The molecule has 0 aliphatic carbocycles. The summed E-state index contributed by atoms with van der Waals surface area (Å²) in [5, 5.41) is 3.34. The Labute approximate surface area is 137 Å². The second-order valence-corrected chi connectivity index (χ2v) is 7.13. The van der Waals surface area contributed by atoms with Crippen LogP contribution >= 0.6 is 0 Å². The number of carbonyl (C=O) groups is 1. The highest BCUT2D eigenvalue weighted by molar-refractivity contribution is 5.68. The van der Waals surface area contributed by atoms with Gasteiger partial charge in [0.2, 0.25) is 5.95 Å². The molecule has 2 atom stereocenters. The maximum atomic E-state index is 12.9. The lowest BCUT2D eigenvalue weighted by Crippen LogP contribution is -2.46. The minimum Gasteiger partial charge on any atom is -0.444 e. The number of halogens is 1. The van der Waals surface area contributed by atoms with Gasteiger partial charge in [0.15, 0.2) is 0 Å². The van der Waals surface area contributed by atoms with Crippen LogP contribution in [0.1, 0.15) is 40.5 Å². The van der Waals surface area contributed by atoms with Crippen molar-refractivity contribution < 1.29 is 13.9 Å². The summed E-state index contributed by atoms with van der Waals surface area (Å²) in [6.45, 7) is 9.09. The van der Waals surface area contributed by atoms with Gasteiger partial charge < -0.3 is 15.0 Å². The molecule has 2 unspecified atom stereocenters. The maximum absolute atomic E-state index is 12.9. The van der Waals surface area contributed by atoms with E-state index in [0.717, 1.165) is 25.1 Å². The molecule has 0 bridgehead atoms. The van der Waals surface area contributed by atoms with Crippen LogP contribution in [0.4, 0.5) is 14.9 Å². The quantitative estimate of drug-likeness (QED) is 0.862. The first kappa shape index (κ1) is 17.5. The minimum absolute atomic E-state index is 0.160. The van der Waals surface area contributed by atoms with Gasteiger partial charge in [-0.05, 0) is 58.6 Å². The zero-order chi connectivity index (χ0) is 17.0. The standard InChI is InChI=1S/C17H26FN3O2/c1-12(20-14-7-8-15(18)19-10-14)13-6-5-9-21(11-13)16(22)23-17(2,3)4/h7-8,10,12-13,20H,5-6,9,11H2,1-4H3. The zero-order valence-electron chi connectivity index (χ0n) is 14.3. The van der Waals surface area contributed by atoms with Gasteiger partial charge in [-0.3, -0.25) is 0 Å². The number of likely N-dealkylation sites (tertiary alicyclic amines) is 1. The zero-order valence-corrected chi connectivity index (χ0v) is 14.3. The molecule has 6 heteroatoms. The molecular weight excluding hydrogens is 297 g/mol. The summed E-state index contributed by atoms with van der Waals surface area (Å²) in [6.07, 6.45) is 3.23. The van der Waals surface area contributed by atoms with Crippen LogP contribution in [0.5, 0.6) is 0 Å². The van der Waals surface area contributed by atoms with Gasteiger partial charge in [0.05, 0.1) is 11.9 Å². The second-order valence-electron chi connectivity index (χ2n) is 7.13. The number of nitrogens with one attached hydrogen (secondary N) is 1. The van der Waals surface area contributed by atoms with E-state index in [0.29, 0.717) is 12.5 Å². The van der Waals surface area contributed by atoms with E-state index < -0.39 is 11.5 Å². The van der Waals surface area contributed by atoms with Crippen molar-refractivity contribution >= 4 is 11.8 Å². The number of rotatable bonds is 3. The highest BCUT2D eigenvalue weighted by Crippen LogP contribution is 2.23. The van der Waals surface area contributed by atoms with Crippen molar-refractivity contribution in [1.29, 1.82) is 0 Å². The van der Waals surface area contributed by atoms with E-state index in [2.05, 4.69) is 17.2 Å². The first-order valence-electron chi connectivity index (χ1n) is 8.10. The Balaban J connectivity index is 1.92. The first-order valence-corrected chi connectivity index (χ1v) is 8.10. The molecule has 0 radical (unpaired) electrons. The van der Waals surface area contributed by atoms with Gasteiger partial charge in [0, 0.05) is 19.1 Å². The summed E-state index contributed by atoms with van der Waals surface area (Å²) in [6, 6.07) is 3.17. The number of pyridine rings is 1. The van der Waals surface area contributed by atoms with Crippen molar-refractivity contribution in [2.75, 3.05) is 18.4 Å². The Kier molecular flexibility index (Phi) is 5.44. The summed E-state index contributed by atoms with van der Waals surface area (Å²) < 4.78 is 18.3. The molecule has 0 saturated carbocycles. The van der Waals surface area contributed by atoms with Crippen LogP contribution in [0.3, 0.4) is 0 Å². The second kappa shape index (κ2) is 7.15. The number of anilines is 1. The molecule has 1 aliphatic rings. The number of hydrogen-bond acceptors (Lipinski definition) is 4. The smallest absolute Gasteiger partial charge is 0.410 e. The minimum atomic E-state index is -0.489. The predicted octanol–water partition coefficient (Wildman–Crippen LogP) is 3.67. The van der Waals surface area contributed by atoms with E-state index in [9.17, 15) is 9.18 Å². The van der Waals surface area contributed by atoms with Gasteiger partial charge in [-0.2, -0.15) is 4.39 Å². The fourth-order valence-corrected chi connectivity index (χ4v) is 2.75. The highest BCUT2D eigenvalue weighted by atomic mass is 19.1. The van der Waals surface area contributed by atoms with Gasteiger partial charge in [0.25, 0.3) is 0 Å². The summed E-state index contributed by atoms with van der Waals surface area (Å²) in [5.41, 5.74) is 0.307. The van der Waals surface area contributed by atoms with Crippen molar-refractivity contribution in [2.45, 2.75) is 52.2 Å². The molecule has 23 heavy (non-hydrogen) atoms. The van der Waals surface area contributed by atoms with Gasteiger partial charge in [-0.25, -0.2) is 9.78 Å². The molecule has 0 aromatic carbocycles. The monoisotopic (exact) mass is 323 g/mol. The number of carbonyl (C=O) groups excluding carboxylic acids is 1. The molecule has 1 amide bonds. The van der Waals surface area contributed by atoms with E-state index in [1.165, 1.54) is 12.3 Å². The van der Waals surface area contributed by atoms with Gasteiger partial charge in [-0.1, -0.05) is 0 Å². The Bertz CT molecular complexity index is 528. The highest BCUT2D eigenvalue weighted by Gasteiger charge is 2.30. The van der Waals surface area contributed by atoms with E-state index in [1.807, 2.05) is 20.8 Å². The van der Waals surface area contributed by atoms with Gasteiger partial charge >= 0.3 is 6.09 Å². The number of ether oxygens (including phenoxy) is 1. The number of nitrogens with zero attached hydrogens (tertiary/aromatic N) is 2. The molecule has 1 aromatic heterocycles. The van der Waals surface area contributed by atoms with E-state index in [-0.39, 0.29) is 12.1 Å². The van der Waals surface area contributed by atoms with E-state index in [1.54, 1.807) is 11.0 Å². The van der Waals surface area contributed by atoms with Gasteiger partial charge in [-0.15, -0.1) is 0 Å². The number of amides is 1. The Morgan fingerprint density at radius 1 is 1.48 bits per heavy atom. The van der Waals surface area contributed by atoms with Crippen LogP contribution in [-0.2, 0) is 4.74 Å². The van der Waals surface area contributed by atoms with Crippen LogP contribution in [0, 0.1) is 11.9 Å². The summed E-state index contributed by atoms with van der Waals surface area (Å²) >= 11 is 0. The van der Waals surface area contributed by atoms with Gasteiger partial charge in [0.1, 0.15) is 5.60 Å². The van der Waals surface area contributed by atoms with Crippen molar-refractivity contribution in [3.63, 3.8) is 0 Å². The lowest BCUT2D eigenvalue weighted by Gasteiger charge is -2.37. The molecule has 1 N–H and O–H groups in total. The molecule has 2 rings (SSSR count). The molecular formula is C17H26FN3O2. The van der Waals surface area contributed by atoms with Crippen molar-refractivity contribution in [3.05, 3.63) is 24.3 Å². The van der Waals surface area contributed by atoms with Crippen LogP contribution in [0.2, 0.25) is 0 Å². The Morgan fingerprint density at radius 3 is 2.83 bits per heavy atom. The molecule has 128 valence electrons. The first-order chi connectivity index (χ1) is 10.7. The third-order valence-electron chi connectivity index (χ3n) is 3.94. The number of hydrogen-bond donors (Lipinski definition) is 1. The van der Waals surface area contributed by atoms with Crippen molar-refractivity contribution in [3.8, 4) is 0 Å². The summed E-state index contributed by atoms with van der Waals surface area (Å²) in [7, 11) is 0. The third-order valence-corrected chi connectivity index (χ3v) is 3.94. The van der Waals surface area contributed by atoms with Crippen LogP contribution < -0.4 is 5.32 Å². The fourth-order valence-electron chi connectivity index (χ4n) is 2.75. The SMILES string of the molecule is CC(Nc1ccc(F)nc1)C1CCCN(C(=O)OC(C)(C)C)C1. The normalized spacial score (nSPS) is 20.0. The average molecular weight is 323 g/mol. The Morgan fingerprint density at radius 2 is 2.22 bits per heavy atom.